The maximum atomic E-state index is 12.8. The molecule has 3 aromatic rings. The molecule has 0 spiro atoms. The predicted octanol–water partition coefficient (Wildman–Crippen LogP) is 3.52. The topological polar surface area (TPSA) is 84.8 Å². The third kappa shape index (κ3) is 3.59. The average Bonchev–Trinajstić information content (AvgIpc) is 3.22. The van der Waals surface area contributed by atoms with Crippen molar-refractivity contribution < 1.29 is 18.0 Å². The Kier molecular flexibility index (Phi) is 5.13. The van der Waals surface area contributed by atoms with E-state index < -0.39 is 21.5 Å². The Labute approximate surface area is 175 Å². The van der Waals surface area contributed by atoms with Crippen LogP contribution in [0, 0.1) is 6.92 Å². The van der Waals surface area contributed by atoms with Gasteiger partial charge in [0.1, 0.15) is 0 Å². The van der Waals surface area contributed by atoms with Gasteiger partial charge in [-0.1, -0.05) is 84.0 Å². The second-order valence-electron chi connectivity index (χ2n) is 7.07. The van der Waals surface area contributed by atoms with Crippen molar-refractivity contribution in [2.24, 2.45) is 5.16 Å². The number of rotatable bonds is 5. The SMILES string of the molecule is Cc1ccccc1S(=O)(=O)NC(=O)C1=NOC(c2ccccc2)(c2ccccc2)C1. The molecule has 0 saturated heterocycles. The summed E-state index contributed by atoms with van der Waals surface area (Å²) in [6.45, 7) is 1.67. The quantitative estimate of drug-likeness (QED) is 0.684. The van der Waals surface area contributed by atoms with E-state index in [1.165, 1.54) is 6.07 Å². The van der Waals surface area contributed by atoms with Crippen LogP contribution in [0.2, 0.25) is 0 Å². The third-order valence-electron chi connectivity index (χ3n) is 5.08. The average molecular weight is 420 g/mol. The molecule has 0 bridgehead atoms. The van der Waals surface area contributed by atoms with Gasteiger partial charge in [0.05, 0.1) is 11.3 Å². The molecule has 0 unspecified atom stereocenters. The second-order valence-corrected chi connectivity index (χ2v) is 8.72. The van der Waals surface area contributed by atoms with Crippen molar-refractivity contribution in [1.82, 2.24) is 4.72 Å². The number of benzene rings is 3. The van der Waals surface area contributed by atoms with Crippen LogP contribution in [0.25, 0.3) is 0 Å². The normalized spacial score (nSPS) is 15.2. The minimum Gasteiger partial charge on any atom is -0.379 e. The lowest BCUT2D eigenvalue weighted by molar-refractivity contribution is -0.113. The van der Waals surface area contributed by atoms with Gasteiger partial charge in [0, 0.05) is 11.1 Å². The molecule has 1 heterocycles. The summed E-state index contributed by atoms with van der Waals surface area (Å²) < 4.78 is 27.5. The van der Waals surface area contributed by atoms with Crippen molar-refractivity contribution in [3.8, 4) is 0 Å². The molecule has 1 N–H and O–H groups in total. The maximum Gasteiger partial charge on any atom is 0.282 e. The van der Waals surface area contributed by atoms with Gasteiger partial charge >= 0.3 is 0 Å². The van der Waals surface area contributed by atoms with Crippen molar-refractivity contribution >= 4 is 21.6 Å². The molecule has 1 amide bonds. The van der Waals surface area contributed by atoms with E-state index in [1.54, 1.807) is 25.1 Å². The van der Waals surface area contributed by atoms with Gasteiger partial charge in [0.2, 0.25) is 0 Å². The highest BCUT2D eigenvalue weighted by molar-refractivity contribution is 7.90. The first-order valence-corrected chi connectivity index (χ1v) is 10.9. The van der Waals surface area contributed by atoms with Gasteiger partial charge in [-0.05, 0) is 18.6 Å². The van der Waals surface area contributed by atoms with Gasteiger partial charge in [-0.3, -0.25) is 4.79 Å². The van der Waals surface area contributed by atoms with Crippen molar-refractivity contribution in [2.45, 2.75) is 23.8 Å². The Balaban J connectivity index is 1.63. The van der Waals surface area contributed by atoms with Crippen LogP contribution in [0.4, 0.5) is 0 Å². The molecule has 6 nitrogen and oxygen atoms in total. The first kappa shape index (κ1) is 19.8. The standard InChI is InChI=1S/C23H20N2O4S/c1-17-10-8-9-15-21(17)30(27,28)25-22(26)20-16-23(29-24-20,18-11-4-2-5-12-18)19-13-6-3-7-14-19/h2-15H,16H2,1H3,(H,25,26). The highest BCUT2D eigenvalue weighted by Crippen LogP contribution is 2.41. The molecule has 0 atom stereocenters. The number of nitrogens with zero attached hydrogens (tertiary/aromatic N) is 1. The van der Waals surface area contributed by atoms with Crippen molar-refractivity contribution in [3.63, 3.8) is 0 Å². The highest BCUT2D eigenvalue weighted by Gasteiger charge is 2.45. The maximum absolute atomic E-state index is 12.8. The summed E-state index contributed by atoms with van der Waals surface area (Å²) in [6, 6.07) is 25.4. The molecule has 0 aliphatic carbocycles. The molecule has 3 aromatic carbocycles. The fourth-order valence-corrected chi connectivity index (χ4v) is 4.76. The van der Waals surface area contributed by atoms with Crippen molar-refractivity contribution in [3.05, 3.63) is 102 Å². The van der Waals surface area contributed by atoms with Crippen LogP contribution in [-0.4, -0.2) is 20.0 Å². The summed E-state index contributed by atoms with van der Waals surface area (Å²) in [4.78, 5) is 18.7. The number of amides is 1. The summed E-state index contributed by atoms with van der Waals surface area (Å²) in [5, 5.41) is 3.98. The summed E-state index contributed by atoms with van der Waals surface area (Å²) in [7, 11) is -4.03. The van der Waals surface area contributed by atoms with Crippen LogP contribution < -0.4 is 4.72 Å². The lowest BCUT2D eigenvalue weighted by Crippen LogP contribution is -2.37. The fourth-order valence-electron chi connectivity index (χ4n) is 3.54. The Bertz CT molecular complexity index is 1170. The van der Waals surface area contributed by atoms with E-state index in [0.717, 1.165) is 11.1 Å². The number of hydrogen-bond acceptors (Lipinski definition) is 5. The molecular weight excluding hydrogens is 400 g/mol. The van der Waals surface area contributed by atoms with Gasteiger partial charge in [0.15, 0.2) is 11.3 Å². The largest absolute Gasteiger partial charge is 0.379 e. The predicted molar refractivity (Wildman–Crippen MR) is 113 cm³/mol. The molecule has 1 aliphatic rings. The highest BCUT2D eigenvalue weighted by atomic mass is 32.2. The van der Waals surface area contributed by atoms with E-state index in [1.807, 2.05) is 60.7 Å². The molecule has 0 saturated carbocycles. The number of sulfonamides is 1. The van der Waals surface area contributed by atoms with E-state index in [0.29, 0.717) is 5.56 Å². The molecular formula is C23H20N2O4S. The van der Waals surface area contributed by atoms with Crippen LogP contribution in [-0.2, 0) is 25.3 Å². The molecule has 0 aromatic heterocycles. The van der Waals surface area contributed by atoms with Gasteiger partial charge < -0.3 is 4.84 Å². The summed E-state index contributed by atoms with van der Waals surface area (Å²) >= 11 is 0. The number of oxime groups is 1. The third-order valence-corrected chi connectivity index (χ3v) is 6.57. The molecule has 1 aliphatic heterocycles. The van der Waals surface area contributed by atoms with Gasteiger partial charge in [-0.15, -0.1) is 0 Å². The summed E-state index contributed by atoms with van der Waals surface area (Å²) in [5.41, 5.74) is 1.21. The minimum absolute atomic E-state index is 0.0138. The smallest absolute Gasteiger partial charge is 0.282 e. The Morgan fingerprint density at radius 2 is 1.43 bits per heavy atom. The van der Waals surface area contributed by atoms with Crippen LogP contribution in [0.5, 0.6) is 0 Å². The summed E-state index contributed by atoms with van der Waals surface area (Å²) in [5.74, 6) is -0.799. The number of carbonyl (C=O) groups is 1. The van der Waals surface area contributed by atoms with Crippen LogP contribution in [0.3, 0.4) is 0 Å². The fraction of sp³-hybridized carbons (Fsp3) is 0.130. The lowest BCUT2D eigenvalue weighted by Gasteiger charge is -2.27. The first-order valence-electron chi connectivity index (χ1n) is 9.41. The van der Waals surface area contributed by atoms with Crippen molar-refractivity contribution in [1.29, 1.82) is 0 Å². The molecule has 152 valence electrons. The zero-order chi connectivity index (χ0) is 21.2. The van der Waals surface area contributed by atoms with E-state index in [4.69, 9.17) is 4.84 Å². The zero-order valence-electron chi connectivity index (χ0n) is 16.3. The number of aryl methyl sites for hydroxylation is 1. The molecule has 0 radical (unpaired) electrons. The van der Waals surface area contributed by atoms with Crippen LogP contribution in [0.15, 0.2) is 95.0 Å². The second kappa shape index (κ2) is 7.76. The molecule has 4 rings (SSSR count). The first-order chi connectivity index (χ1) is 14.4. The lowest BCUT2D eigenvalue weighted by atomic mass is 9.82. The van der Waals surface area contributed by atoms with Gasteiger partial charge in [0.25, 0.3) is 15.9 Å². The Morgan fingerprint density at radius 3 is 2.00 bits per heavy atom. The van der Waals surface area contributed by atoms with E-state index in [-0.39, 0.29) is 17.0 Å². The van der Waals surface area contributed by atoms with Gasteiger partial charge in [-0.2, -0.15) is 0 Å². The Morgan fingerprint density at radius 1 is 0.900 bits per heavy atom. The van der Waals surface area contributed by atoms with E-state index in [2.05, 4.69) is 9.88 Å². The minimum atomic E-state index is -4.03. The number of hydrogen-bond donors (Lipinski definition) is 1. The van der Waals surface area contributed by atoms with E-state index >= 15 is 0 Å². The number of carbonyl (C=O) groups excluding carboxylic acids is 1. The van der Waals surface area contributed by atoms with Crippen LogP contribution >= 0.6 is 0 Å². The summed E-state index contributed by atoms with van der Waals surface area (Å²) in [6.07, 6.45) is 0.107. The molecule has 30 heavy (non-hydrogen) atoms. The monoisotopic (exact) mass is 420 g/mol. The Hall–Kier alpha value is -3.45. The molecule has 0 fully saturated rings. The zero-order valence-corrected chi connectivity index (χ0v) is 17.1. The van der Waals surface area contributed by atoms with Gasteiger partial charge in [-0.25, -0.2) is 13.1 Å². The van der Waals surface area contributed by atoms with E-state index in [9.17, 15) is 13.2 Å². The van der Waals surface area contributed by atoms with Crippen molar-refractivity contribution in [2.75, 3.05) is 0 Å². The van der Waals surface area contributed by atoms with Crippen LogP contribution in [0.1, 0.15) is 23.1 Å². The number of nitrogens with one attached hydrogen (secondary N) is 1. The molecule has 7 heteroatoms.